The number of benzene rings is 1. The van der Waals surface area contributed by atoms with Crippen LogP contribution in [0.25, 0.3) is 0 Å². The summed E-state index contributed by atoms with van der Waals surface area (Å²) in [4.78, 5) is 15.1. The van der Waals surface area contributed by atoms with Gasteiger partial charge in [-0.15, -0.1) is 0 Å². The third-order valence-electron chi connectivity index (χ3n) is 2.49. The normalized spacial score (nSPS) is 10.0. The van der Waals surface area contributed by atoms with E-state index < -0.39 is 5.91 Å². The van der Waals surface area contributed by atoms with Crippen LogP contribution in [-0.4, -0.2) is 17.5 Å². The van der Waals surface area contributed by atoms with Crippen LogP contribution in [0, 0.1) is 0 Å². The van der Waals surface area contributed by atoms with Gasteiger partial charge in [0.1, 0.15) is 5.75 Å². The van der Waals surface area contributed by atoms with Gasteiger partial charge in [0.05, 0.1) is 6.61 Å². The van der Waals surface area contributed by atoms with E-state index in [0.717, 1.165) is 17.9 Å². The highest BCUT2D eigenvalue weighted by atomic mass is 16.5. The number of rotatable bonds is 5. The molecule has 0 fully saturated rings. The SMILES string of the molecule is NC(=O)c1ccc(OCCc2ccccn2)cc1. The number of pyridine rings is 1. The summed E-state index contributed by atoms with van der Waals surface area (Å²) in [5, 5.41) is 0. The third kappa shape index (κ3) is 3.31. The summed E-state index contributed by atoms with van der Waals surface area (Å²) in [6.45, 7) is 0.549. The zero-order chi connectivity index (χ0) is 12.8. The Morgan fingerprint density at radius 3 is 2.56 bits per heavy atom. The van der Waals surface area contributed by atoms with Gasteiger partial charge in [-0.1, -0.05) is 6.07 Å². The highest BCUT2D eigenvalue weighted by molar-refractivity contribution is 5.92. The van der Waals surface area contributed by atoms with Gasteiger partial charge in [-0.2, -0.15) is 0 Å². The van der Waals surface area contributed by atoms with Crippen LogP contribution in [0.5, 0.6) is 5.75 Å². The molecular formula is C14H14N2O2. The van der Waals surface area contributed by atoms with E-state index in [0.29, 0.717) is 12.2 Å². The number of carbonyl (C=O) groups excluding carboxylic acids is 1. The minimum absolute atomic E-state index is 0.435. The topological polar surface area (TPSA) is 65.2 Å². The number of amides is 1. The first kappa shape index (κ1) is 12.1. The number of nitrogens with two attached hydrogens (primary N) is 1. The average Bonchev–Trinajstić information content (AvgIpc) is 2.40. The Kier molecular flexibility index (Phi) is 3.91. The standard InChI is InChI=1S/C14H14N2O2/c15-14(17)11-4-6-13(7-5-11)18-10-8-12-3-1-2-9-16-12/h1-7,9H,8,10H2,(H2,15,17). The molecule has 0 radical (unpaired) electrons. The molecule has 0 atom stereocenters. The van der Waals surface area contributed by atoms with E-state index in [2.05, 4.69) is 4.98 Å². The molecule has 18 heavy (non-hydrogen) atoms. The lowest BCUT2D eigenvalue weighted by molar-refractivity contribution is 0.100. The van der Waals surface area contributed by atoms with Gasteiger partial charge in [0, 0.05) is 23.9 Å². The molecule has 1 amide bonds. The van der Waals surface area contributed by atoms with Crippen LogP contribution >= 0.6 is 0 Å². The van der Waals surface area contributed by atoms with Gasteiger partial charge in [0.25, 0.3) is 0 Å². The highest BCUT2D eigenvalue weighted by Gasteiger charge is 2.00. The predicted octanol–water partition coefficient (Wildman–Crippen LogP) is 1.80. The van der Waals surface area contributed by atoms with Crippen LogP contribution in [0.15, 0.2) is 48.7 Å². The number of primary amides is 1. The van der Waals surface area contributed by atoms with Crippen molar-refractivity contribution in [3.05, 3.63) is 59.9 Å². The molecule has 4 heteroatoms. The molecule has 0 aliphatic carbocycles. The molecule has 1 aromatic heterocycles. The van der Waals surface area contributed by atoms with Crippen LogP contribution < -0.4 is 10.5 Å². The summed E-state index contributed by atoms with van der Waals surface area (Å²) >= 11 is 0. The maximum absolute atomic E-state index is 10.9. The van der Waals surface area contributed by atoms with Crippen LogP contribution in [0.4, 0.5) is 0 Å². The molecule has 0 aliphatic heterocycles. The van der Waals surface area contributed by atoms with E-state index in [9.17, 15) is 4.79 Å². The second kappa shape index (κ2) is 5.82. The summed E-state index contributed by atoms with van der Waals surface area (Å²) in [6.07, 6.45) is 2.51. The van der Waals surface area contributed by atoms with Crippen LogP contribution in [0.3, 0.4) is 0 Å². The average molecular weight is 242 g/mol. The molecule has 0 unspecified atom stereocenters. The Morgan fingerprint density at radius 1 is 1.17 bits per heavy atom. The third-order valence-corrected chi connectivity index (χ3v) is 2.49. The smallest absolute Gasteiger partial charge is 0.248 e. The Balaban J connectivity index is 1.85. The zero-order valence-electron chi connectivity index (χ0n) is 9.87. The Morgan fingerprint density at radius 2 is 1.94 bits per heavy atom. The first-order chi connectivity index (χ1) is 8.75. The Labute approximate surface area is 105 Å². The lowest BCUT2D eigenvalue weighted by Gasteiger charge is -2.06. The molecule has 4 nitrogen and oxygen atoms in total. The fourth-order valence-corrected chi connectivity index (χ4v) is 1.53. The monoisotopic (exact) mass is 242 g/mol. The van der Waals surface area contributed by atoms with Gasteiger partial charge in [-0.3, -0.25) is 9.78 Å². The lowest BCUT2D eigenvalue weighted by atomic mass is 10.2. The Hall–Kier alpha value is -2.36. The number of nitrogens with zero attached hydrogens (tertiary/aromatic N) is 1. The molecular weight excluding hydrogens is 228 g/mol. The summed E-state index contributed by atoms with van der Waals surface area (Å²) in [5.74, 6) is 0.283. The molecule has 0 saturated heterocycles. The fraction of sp³-hybridized carbons (Fsp3) is 0.143. The van der Waals surface area contributed by atoms with E-state index in [1.807, 2.05) is 18.2 Å². The quantitative estimate of drug-likeness (QED) is 0.869. The van der Waals surface area contributed by atoms with E-state index >= 15 is 0 Å². The van der Waals surface area contributed by atoms with Gasteiger partial charge in [-0.25, -0.2) is 0 Å². The molecule has 0 bridgehead atoms. The van der Waals surface area contributed by atoms with Crippen LogP contribution in [-0.2, 0) is 6.42 Å². The summed E-state index contributed by atoms with van der Waals surface area (Å²) in [5.41, 5.74) is 6.62. The second-order valence-electron chi connectivity index (χ2n) is 3.81. The van der Waals surface area contributed by atoms with Gasteiger partial charge in [0.2, 0.25) is 5.91 Å². The number of ether oxygens (including phenoxy) is 1. The van der Waals surface area contributed by atoms with Gasteiger partial charge in [0.15, 0.2) is 0 Å². The molecule has 0 aliphatic rings. The number of aromatic nitrogens is 1. The molecule has 1 aromatic carbocycles. The van der Waals surface area contributed by atoms with Gasteiger partial charge < -0.3 is 10.5 Å². The van der Waals surface area contributed by atoms with Crippen molar-refractivity contribution in [1.29, 1.82) is 0 Å². The van der Waals surface area contributed by atoms with Crippen LogP contribution in [0.1, 0.15) is 16.1 Å². The van der Waals surface area contributed by atoms with Gasteiger partial charge >= 0.3 is 0 Å². The summed E-state index contributed by atoms with van der Waals surface area (Å²) < 4.78 is 5.55. The first-order valence-corrected chi connectivity index (χ1v) is 5.68. The summed E-state index contributed by atoms with van der Waals surface area (Å²) in [7, 11) is 0. The van der Waals surface area contributed by atoms with Crippen LogP contribution in [0.2, 0.25) is 0 Å². The number of hydrogen-bond acceptors (Lipinski definition) is 3. The second-order valence-corrected chi connectivity index (χ2v) is 3.81. The molecule has 2 rings (SSSR count). The molecule has 92 valence electrons. The van der Waals surface area contributed by atoms with Crippen molar-refractivity contribution in [3.8, 4) is 5.75 Å². The maximum atomic E-state index is 10.9. The Bertz CT molecular complexity index is 509. The summed E-state index contributed by atoms with van der Waals surface area (Å²) in [6, 6.07) is 12.6. The minimum atomic E-state index is -0.435. The van der Waals surface area contributed by atoms with Gasteiger partial charge in [-0.05, 0) is 36.4 Å². The highest BCUT2D eigenvalue weighted by Crippen LogP contribution is 2.12. The van der Waals surface area contributed by atoms with E-state index in [1.54, 1.807) is 30.5 Å². The molecule has 2 aromatic rings. The predicted molar refractivity (Wildman–Crippen MR) is 68.4 cm³/mol. The van der Waals surface area contributed by atoms with Crippen molar-refractivity contribution in [2.24, 2.45) is 5.73 Å². The van der Waals surface area contributed by atoms with Crippen molar-refractivity contribution in [1.82, 2.24) is 4.98 Å². The molecule has 0 spiro atoms. The molecule has 2 N–H and O–H groups in total. The molecule has 0 saturated carbocycles. The van der Waals surface area contributed by atoms with E-state index in [1.165, 1.54) is 0 Å². The lowest BCUT2D eigenvalue weighted by Crippen LogP contribution is -2.10. The minimum Gasteiger partial charge on any atom is -0.493 e. The van der Waals surface area contributed by atoms with Crippen molar-refractivity contribution < 1.29 is 9.53 Å². The fourth-order valence-electron chi connectivity index (χ4n) is 1.53. The zero-order valence-corrected chi connectivity index (χ0v) is 9.87. The van der Waals surface area contributed by atoms with Crippen molar-refractivity contribution in [2.75, 3.05) is 6.61 Å². The first-order valence-electron chi connectivity index (χ1n) is 5.68. The van der Waals surface area contributed by atoms with Crippen molar-refractivity contribution in [2.45, 2.75) is 6.42 Å². The number of hydrogen-bond donors (Lipinski definition) is 1. The number of carbonyl (C=O) groups is 1. The van der Waals surface area contributed by atoms with E-state index in [-0.39, 0.29) is 0 Å². The van der Waals surface area contributed by atoms with Crippen molar-refractivity contribution in [3.63, 3.8) is 0 Å². The van der Waals surface area contributed by atoms with Crippen molar-refractivity contribution >= 4 is 5.91 Å². The maximum Gasteiger partial charge on any atom is 0.248 e. The largest absolute Gasteiger partial charge is 0.493 e. The van der Waals surface area contributed by atoms with E-state index in [4.69, 9.17) is 10.5 Å². The molecule has 1 heterocycles.